The molecule has 20 heavy (non-hydrogen) atoms. The summed E-state index contributed by atoms with van der Waals surface area (Å²) >= 11 is 3.25. The Labute approximate surface area is 127 Å². The average Bonchev–Trinajstić information content (AvgIpc) is 2.40. The number of hydrogen-bond acceptors (Lipinski definition) is 2. The number of aryl methyl sites for hydroxylation is 1. The molecular formula is C16H17BrFNO. The second-order valence-electron chi connectivity index (χ2n) is 4.68. The Balaban J connectivity index is 2.19. The molecule has 2 rings (SSSR count). The van der Waals surface area contributed by atoms with E-state index >= 15 is 0 Å². The molecule has 0 aliphatic rings. The number of hydrogen-bond donors (Lipinski definition) is 1. The highest BCUT2D eigenvalue weighted by Crippen LogP contribution is 2.29. The van der Waals surface area contributed by atoms with Crippen LogP contribution in [0, 0.1) is 19.7 Å². The normalized spacial score (nSPS) is 10.4. The molecule has 0 unspecified atom stereocenters. The van der Waals surface area contributed by atoms with Crippen LogP contribution in [0.4, 0.5) is 10.1 Å². The number of nitrogens with one attached hydrogen (secondary N) is 1. The van der Waals surface area contributed by atoms with Crippen LogP contribution in [0.25, 0.3) is 0 Å². The van der Waals surface area contributed by atoms with Crippen molar-refractivity contribution in [3.8, 4) is 5.75 Å². The van der Waals surface area contributed by atoms with E-state index in [9.17, 15) is 4.39 Å². The van der Waals surface area contributed by atoms with E-state index in [2.05, 4.69) is 21.2 Å². The van der Waals surface area contributed by atoms with E-state index in [1.165, 1.54) is 6.07 Å². The van der Waals surface area contributed by atoms with E-state index < -0.39 is 0 Å². The summed E-state index contributed by atoms with van der Waals surface area (Å²) in [6.07, 6.45) is 0. The van der Waals surface area contributed by atoms with Gasteiger partial charge in [-0.2, -0.15) is 0 Å². The summed E-state index contributed by atoms with van der Waals surface area (Å²) in [5, 5.41) is 3.26. The maximum absolute atomic E-state index is 13.8. The second-order valence-corrected chi connectivity index (χ2v) is 5.59. The minimum absolute atomic E-state index is 0.219. The number of ether oxygens (including phenoxy) is 1. The van der Waals surface area contributed by atoms with Crippen LogP contribution in [0.5, 0.6) is 5.75 Å². The highest BCUT2D eigenvalue weighted by molar-refractivity contribution is 9.10. The van der Waals surface area contributed by atoms with Crippen LogP contribution in [-0.2, 0) is 6.54 Å². The lowest BCUT2D eigenvalue weighted by molar-refractivity contribution is 0.409. The van der Waals surface area contributed by atoms with E-state index in [1.807, 2.05) is 32.0 Å². The van der Waals surface area contributed by atoms with Crippen LogP contribution in [0.15, 0.2) is 34.8 Å². The predicted octanol–water partition coefficient (Wildman–Crippen LogP) is 4.83. The van der Waals surface area contributed by atoms with Gasteiger partial charge < -0.3 is 10.1 Å². The molecule has 2 aromatic carbocycles. The molecule has 0 bridgehead atoms. The minimum atomic E-state index is -0.219. The first-order valence-electron chi connectivity index (χ1n) is 6.35. The zero-order valence-corrected chi connectivity index (χ0v) is 13.3. The van der Waals surface area contributed by atoms with Gasteiger partial charge in [0.2, 0.25) is 0 Å². The minimum Gasteiger partial charge on any atom is -0.496 e. The molecule has 0 radical (unpaired) electrons. The van der Waals surface area contributed by atoms with E-state index in [0.717, 1.165) is 27.0 Å². The van der Waals surface area contributed by atoms with E-state index in [-0.39, 0.29) is 5.82 Å². The standard InChI is InChI=1S/C16H17BrFNO/c1-10-4-7-15(11(2)16(10)20-3)19-9-12-5-6-13(17)8-14(12)18/h4-8,19H,9H2,1-3H3. The summed E-state index contributed by atoms with van der Waals surface area (Å²) in [6.45, 7) is 4.43. The van der Waals surface area contributed by atoms with Gasteiger partial charge in [0.15, 0.2) is 0 Å². The second kappa shape index (κ2) is 6.27. The largest absolute Gasteiger partial charge is 0.496 e. The monoisotopic (exact) mass is 337 g/mol. The van der Waals surface area contributed by atoms with Gasteiger partial charge in [0, 0.05) is 27.8 Å². The first-order chi connectivity index (χ1) is 9.52. The van der Waals surface area contributed by atoms with E-state index in [0.29, 0.717) is 12.1 Å². The first kappa shape index (κ1) is 14.9. The SMILES string of the molecule is COc1c(C)ccc(NCc2ccc(Br)cc2F)c1C. The Morgan fingerprint density at radius 2 is 1.95 bits per heavy atom. The van der Waals surface area contributed by atoms with Gasteiger partial charge in [-0.1, -0.05) is 28.1 Å². The Bertz CT molecular complexity index is 628. The van der Waals surface area contributed by atoms with Crippen molar-refractivity contribution in [2.24, 2.45) is 0 Å². The summed E-state index contributed by atoms with van der Waals surface area (Å²) < 4.78 is 19.9. The van der Waals surface area contributed by atoms with Crippen molar-refractivity contribution >= 4 is 21.6 Å². The highest BCUT2D eigenvalue weighted by atomic mass is 79.9. The molecule has 0 aliphatic carbocycles. The average molecular weight is 338 g/mol. The molecule has 2 nitrogen and oxygen atoms in total. The fourth-order valence-electron chi connectivity index (χ4n) is 2.19. The molecule has 0 aromatic heterocycles. The van der Waals surface area contributed by atoms with Crippen LogP contribution in [-0.4, -0.2) is 7.11 Å². The number of benzene rings is 2. The Kier molecular flexibility index (Phi) is 4.65. The molecule has 4 heteroatoms. The third kappa shape index (κ3) is 3.12. The number of halogens is 2. The number of rotatable bonds is 4. The molecule has 2 aromatic rings. The summed E-state index contributed by atoms with van der Waals surface area (Å²) in [4.78, 5) is 0. The highest BCUT2D eigenvalue weighted by Gasteiger charge is 2.08. The Hall–Kier alpha value is -1.55. The Morgan fingerprint density at radius 3 is 2.60 bits per heavy atom. The quantitative estimate of drug-likeness (QED) is 0.862. The van der Waals surface area contributed by atoms with Crippen molar-refractivity contribution in [2.75, 3.05) is 12.4 Å². The maximum Gasteiger partial charge on any atom is 0.129 e. The molecule has 0 fully saturated rings. The topological polar surface area (TPSA) is 21.3 Å². The van der Waals surface area contributed by atoms with Gasteiger partial charge in [-0.3, -0.25) is 0 Å². The summed E-state index contributed by atoms with van der Waals surface area (Å²) in [6, 6.07) is 9.06. The van der Waals surface area contributed by atoms with Crippen molar-refractivity contribution in [2.45, 2.75) is 20.4 Å². The third-order valence-corrected chi connectivity index (χ3v) is 3.78. The van der Waals surface area contributed by atoms with Gasteiger partial charge in [-0.05, 0) is 37.6 Å². The first-order valence-corrected chi connectivity index (χ1v) is 7.14. The molecule has 0 atom stereocenters. The van der Waals surface area contributed by atoms with Gasteiger partial charge >= 0.3 is 0 Å². The maximum atomic E-state index is 13.8. The smallest absolute Gasteiger partial charge is 0.129 e. The Morgan fingerprint density at radius 1 is 1.20 bits per heavy atom. The van der Waals surface area contributed by atoms with E-state index in [1.54, 1.807) is 13.2 Å². The molecule has 0 spiro atoms. The summed E-state index contributed by atoms with van der Waals surface area (Å²) in [5.41, 5.74) is 3.71. The fraction of sp³-hybridized carbons (Fsp3) is 0.250. The van der Waals surface area contributed by atoms with Gasteiger partial charge in [0.05, 0.1) is 7.11 Å². The van der Waals surface area contributed by atoms with E-state index in [4.69, 9.17) is 4.74 Å². The van der Waals surface area contributed by atoms with Crippen molar-refractivity contribution in [3.63, 3.8) is 0 Å². The lowest BCUT2D eigenvalue weighted by atomic mass is 10.1. The molecule has 0 saturated heterocycles. The molecule has 0 heterocycles. The van der Waals surface area contributed by atoms with Crippen LogP contribution >= 0.6 is 15.9 Å². The molecule has 0 aliphatic heterocycles. The van der Waals surface area contributed by atoms with Gasteiger partial charge in [-0.15, -0.1) is 0 Å². The predicted molar refractivity (Wildman–Crippen MR) is 83.9 cm³/mol. The van der Waals surface area contributed by atoms with Crippen molar-refractivity contribution < 1.29 is 9.13 Å². The molecule has 0 saturated carbocycles. The zero-order valence-electron chi connectivity index (χ0n) is 11.8. The van der Waals surface area contributed by atoms with Crippen molar-refractivity contribution in [3.05, 3.63) is 57.3 Å². The summed E-state index contributed by atoms with van der Waals surface area (Å²) in [7, 11) is 1.66. The number of methoxy groups -OCH3 is 1. The lowest BCUT2D eigenvalue weighted by Crippen LogP contribution is -2.04. The zero-order chi connectivity index (χ0) is 14.7. The molecule has 1 N–H and O–H groups in total. The molecular weight excluding hydrogens is 321 g/mol. The fourth-order valence-corrected chi connectivity index (χ4v) is 2.52. The van der Waals surface area contributed by atoms with Gasteiger partial charge in [0.1, 0.15) is 11.6 Å². The van der Waals surface area contributed by atoms with Gasteiger partial charge in [-0.25, -0.2) is 4.39 Å². The number of anilines is 1. The van der Waals surface area contributed by atoms with Crippen LogP contribution in [0.1, 0.15) is 16.7 Å². The lowest BCUT2D eigenvalue weighted by Gasteiger charge is -2.15. The molecule has 106 valence electrons. The summed E-state index contributed by atoms with van der Waals surface area (Å²) in [5.74, 6) is 0.648. The van der Waals surface area contributed by atoms with Crippen LogP contribution < -0.4 is 10.1 Å². The van der Waals surface area contributed by atoms with Crippen LogP contribution in [0.3, 0.4) is 0 Å². The van der Waals surface area contributed by atoms with Crippen LogP contribution in [0.2, 0.25) is 0 Å². The molecule has 0 amide bonds. The van der Waals surface area contributed by atoms with Crippen molar-refractivity contribution in [1.82, 2.24) is 0 Å². The van der Waals surface area contributed by atoms with Gasteiger partial charge in [0.25, 0.3) is 0 Å². The van der Waals surface area contributed by atoms with Crippen molar-refractivity contribution in [1.29, 1.82) is 0 Å². The third-order valence-electron chi connectivity index (χ3n) is 3.29.